The Morgan fingerprint density at radius 3 is 2.38 bits per heavy atom. The molecular weight excluding hydrogens is 472 g/mol. The number of hydrogen-bond donors (Lipinski definition) is 2. The Kier molecular flexibility index (Phi) is 6.79. The van der Waals surface area contributed by atoms with Gasteiger partial charge in [0, 0.05) is 12.8 Å². The lowest BCUT2D eigenvalue weighted by atomic mass is 9.43. The van der Waals surface area contributed by atoms with E-state index in [1.165, 1.54) is 13.3 Å². The van der Waals surface area contributed by atoms with Crippen LogP contribution in [0.3, 0.4) is 0 Å². The molecule has 4 aliphatic carbocycles. The first-order chi connectivity index (χ1) is 15.0. The second kappa shape index (κ2) is 8.87. The van der Waals surface area contributed by atoms with Crippen LogP contribution in [0.15, 0.2) is 0 Å². The average molecular weight is 514 g/mol. The Hall–Kier alpha value is -0.620. The Morgan fingerprint density at radius 2 is 1.72 bits per heavy atom. The number of hydrogen-bond acceptors (Lipinski definition) is 4. The van der Waals surface area contributed by atoms with Gasteiger partial charge in [-0.2, -0.15) is 0 Å². The lowest BCUT2D eigenvalue weighted by Crippen LogP contribution is -2.59. The molecule has 4 rings (SSSR count). The third-order valence-corrected chi connectivity index (χ3v) is 11.3. The topological polar surface area (TPSA) is 83.8 Å². The van der Waals surface area contributed by atoms with Gasteiger partial charge in [0.2, 0.25) is 0 Å². The van der Waals surface area contributed by atoms with Gasteiger partial charge < -0.3 is 14.9 Å². The van der Waals surface area contributed by atoms with Crippen LogP contribution >= 0.6 is 15.9 Å². The van der Waals surface area contributed by atoms with Gasteiger partial charge in [0.15, 0.2) is 0 Å². The van der Waals surface area contributed by atoms with Crippen LogP contribution in [0.25, 0.3) is 0 Å². The highest BCUT2D eigenvalue weighted by atomic mass is 79.9. The molecule has 0 saturated heterocycles. The molecule has 11 atom stereocenters. The molecular formula is C26H41BrO5. The van der Waals surface area contributed by atoms with Crippen LogP contribution in [0.1, 0.15) is 85.5 Å². The van der Waals surface area contributed by atoms with E-state index in [1.807, 2.05) is 0 Å². The first kappa shape index (κ1) is 24.5. The molecule has 0 amide bonds. The summed E-state index contributed by atoms with van der Waals surface area (Å²) in [7, 11) is 0. The highest BCUT2D eigenvalue weighted by molar-refractivity contribution is 9.10. The number of carboxylic acid groups (broad SMARTS) is 1. The van der Waals surface area contributed by atoms with Crippen molar-refractivity contribution in [2.24, 2.45) is 46.3 Å². The van der Waals surface area contributed by atoms with Crippen LogP contribution in [-0.4, -0.2) is 39.2 Å². The normalized spacial score (nSPS) is 47.5. The Labute approximate surface area is 201 Å². The predicted molar refractivity (Wildman–Crippen MR) is 126 cm³/mol. The van der Waals surface area contributed by atoms with Gasteiger partial charge in [0.25, 0.3) is 0 Å². The van der Waals surface area contributed by atoms with Gasteiger partial charge >= 0.3 is 11.9 Å². The van der Waals surface area contributed by atoms with Gasteiger partial charge in [-0.1, -0.05) is 36.7 Å². The van der Waals surface area contributed by atoms with Gasteiger partial charge in [-0.15, -0.1) is 0 Å². The molecule has 0 radical (unpaired) electrons. The van der Waals surface area contributed by atoms with Crippen LogP contribution in [0.2, 0.25) is 0 Å². The molecule has 7 unspecified atom stereocenters. The second-order valence-electron chi connectivity index (χ2n) is 12.1. The third-order valence-electron chi connectivity index (χ3n) is 10.6. The molecule has 4 fully saturated rings. The zero-order valence-electron chi connectivity index (χ0n) is 20.1. The number of aliphatic hydroxyl groups is 1. The summed E-state index contributed by atoms with van der Waals surface area (Å²) in [5.41, 5.74) is 0.386. The van der Waals surface area contributed by atoms with Crippen LogP contribution in [0.5, 0.6) is 0 Å². The fraction of sp³-hybridized carbons (Fsp3) is 0.923. The van der Waals surface area contributed by atoms with Crippen LogP contribution in [-0.2, 0) is 14.3 Å². The third kappa shape index (κ3) is 4.06. The van der Waals surface area contributed by atoms with E-state index in [9.17, 15) is 19.8 Å². The monoisotopic (exact) mass is 512 g/mol. The standard InChI is InChI=1S/C26H41BrO5/c1-14(11-21(27)24(30)31)18-5-6-19-23-20(8-10-26(18,19)4)25(3)9-7-17(29)12-16(25)13-22(23)32-15(2)28/h14,16-23,29H,5-13H2,1-4H3,(H,30,31)/t14?,16?,17-,18?,19?,20?,21?,22+,23?,25+,26-/m1/s1. The van der Waals surface area contributed by atoms with Crippen molar-refractivity contribution in [3.8, 4) is 0 Å². The number of carbonyl (C=O) groups is 2. The molecule has 2 N–H and O–H groups in total. The molecule has 0 aliphatic heterocycles. The Balaban J connectivity index is 1.62. The number of carboxylic acids is 1. The predicted octanol–water partition coefficient (Wildman–Crippen LogP) is 5.42. The smallest absolute Gasteiger partial charge is 0.317 e. The molecule has 0 bridgehead atoms. The van der Waals surface area contributed by atoms with Crippen LogP contribution < -0.4 is 0 Å². The first-order valence-electron chi connectivity index (χ1n) is 12.7. The highest BCUT2D eigenvalue weighted by Crippen LogP contribution is 2.68. The maximum atomic E-state index is 12.1. The minimum Gasteiger partial charge on any atom is -0.480 e. The van der Waals surface area contributed by atoms with E-state index in [0.717, 1.165) is 44.9 Å². The maximum Gasteiger partial charge on any atom is 0.317 e. The van der Waals surface area contributed by atoms with Crippen molar-refractivity contribution in [3.63, 3.8) is 0 Å². The minimum absolute atomic E-state index is 0.0532. The molecule has 0 aromatic heterocycles. The zero-order chi connectivity index (χ0) is 23.4. The minimum atomic E-state index is -0.777. The lowest BCUT2D eigenvalue weighted by molar-refractivity contribution is -0.194. The number of aliphatic hydroxyl groups excluding tert-OH is 1. The molecule has 182 valence electrons. The molecule has 0 aromatic carbocycles. The summed E-state index contributed by atoms with van der Waals surface area (Å²) < 4.78 is 6.03. The summed E-state index contributed by atoms with van der Waals surface area (Å²) in [4.78, 5) is 23.0. The van der Waals surface area contributed by atoms with Crippen molar-refractivity contribution in [2.45, 2.75) is 103 Å². The summed E-state index contributed by atoms with van der Waals surface area (Å²) >= 11 is 3.36. The van der Waals surface area contributed by atoms with Crippen molar-refractivity contribution in [2.75, 3.05) is 0 Å². The van der Waals surface area contributed by atoms with E-state index >= 15 is 0 Å². The van der Waals surface area contributed by atoms with Crippen molar-refractivity contribution in [3.05, 3.63) is 0 Å². The molecule has 5 nitrogen and oxygen atoms in total. The number of carbonyl (C=O) groups excluding carboxylic acids is 1. The van der Waals surface area contributed by atoms with E-state index in [2.05, 4.69) is 36.7 Å². The second-order valence-corrected chi connectivity index (χ2v) is 13.2. The van der Waals surface area contributed by atoms with E-state index in [0.29, 0.717) is 41.9 Å². The SMILES string of the molecule is CC(=O)O[C@H]1CC2C[C@H](O)CC[C@]2(C)C2CC[C@]3(C)C(C(C)CC(Br)C(=O)O)CCC3C21. The van der Waals surface area contributed by atoms with Crippen LogP contribution in [0.4, 0.5) is 0 Å². The molecule has 0 aromatic rings. The number of rotatable bonds is 5. The van der Waals surface area contributed by atoms with Crippen LogP contribution in [0, 0.1) is 46.3 Å². The number of halogens is 1. The fourth-order valence-corrected chi connectivity index (χ4v) is 9.67. The lowest BCUT2D eigenvalue weighted by Gasteiger charge is -2.62. The van der Waals surface area contributed by atoms with Crippen molar-refractivity contribution in [1.29, 1.82) is 0 Å². The van der Waals surface area contributed by atoms with Crippen molar-refractivity contribution in [1.82, 2.24) is 0 Å². The Bertz CT molecular complexity index is 742. The number of ether oxygens (including phenoxy) is 1. The molecule has 6 heteroatoms. The number of alkyl halides is 1. The summed E-state index contributed by atoms with van der Waals surface area (Å²) in [6.07, 6.45) is 8.65. The van der Waals surface area contributed by atoms with E-state index in [-0.39, 0.29) is 29.0 Å². The van der Waals surface area contributed by atoms with E-state index < -0.39 is 10.8 Å². The largest absolute Gasteiger partial charge is 0.480 e. The number of fused-ring (bicyclic) bond motifs is 5. The van der Waals surface area contributed by atoms with Gasteiger partial charge in [-0.25, -0.2) is 0 Å². The first-order valence-corrected chi connectivity index (χ1v) is 13.6. The summed E-state index contributed by atoms with van der Waals surface area (Å²) in [5.74, 6) is 1.73. The summed E-state index contributed by atoms with van der Waals surface area (Å²) in [6.45, 7) is 8.65. The molecule has 0 heterocycles. The molecule has 4 saturated carbocycles. The van der Waals surface area contributed by atoms with Gasteiger partial charge in [0.05, 0.1) is 6.10 Å². The van der Waals surface area contributed by atoms with Gasteiger partial charge in [-0.3, -0.25) is 9.59 Å². The van der Waals surface area contributed by atoms with Gasteiger partial charge in [0.1, 0.15) is 10.9 Å². The molecule has 4 aliphatic rings. The highest BCUT2D eigenvalue weighted by Gasteiger charge is 2.63. The summed E-state index contributed by atoms with van der Waals surface area (Å²) in [5, 5.41) is 19.8. The quantitative estimate of drug-likeness (QED) is 0.379. The van der Waals surface area contributed by atoms with Crippen molar-refractivity contribution >= 4 is 27.9 Å². The Morgan fingerprint density at radius 1 is 1.06 bits per heavy atom. The van der Waals surface area contributed by atoms with E-state index in [1.54, 1.807) is 0 Å². The summed E-state index contributed by atoms with van der Waals surface area (Å²) in [6, 6.07) is 0. The number of esters is 1. The molecule has 0 spiro atoms. The zero-order valence-corrected chi connectivity index (χ0v) is 21.6. The van der Waals surface area contributed by atoms with Crippen molar-refractivity contribution < 1.29 is 24.5 Å². The van der Waals surface area contributed by atoms with Gasteiger partial charge in [-0.05, 0) is 98.2 Å². The van der Waals surface area contributed by atoms with E-state index in [4.69, 9.17) is 4.74 Å². The molecule has 32 heavy (non-hydrogen) atoms. The average Bonchev–Trinajstić information content (AvgIpc) is 3.06. The maximum absolute atomic E-state index is 12.1. The fourth-order valence-electron chi connectivity index (χ4n) is 9.08. The number of aliphatic carboxylic acids is 1.